The number of unbranched alkanes of at least 4 members (excludes halogenated alkanes) is 55. The Morgan fingerprint density at radius 2 is 0.418 bits per heavy atom. The van der Waals surface area contributed by atoms with Gasteiger partial charge in [-0.05, 0) is 44.9 Å². The Labute approximate surface area is 494 Å². The molecular formula is C73H140O6. The van der Waals surface area contributed by atoms with Crippen LogP contribution in [0.1, 0.15) is 419 Å². The maximum atomic E-state index is 13.0. The second kappa shape index (κ2) is 68.6. The fourth-order valence-electron chi connectivity index (χ4n) is 11.3. The minimum atomic E-state index is -0.770. The Morgan fingerprint density at radius 1 is 0.241 bits per heavy atom. The minimum absolute atomic E-state index is 0.0656. The van der Waals surface area contributed by atoms with Crippen molar-refractivity contribution in [2.24, 2.45) is 0 Å². The number of allylic oxidation sites excluding steroid dienone is 2. The summed E-state index contributed by atoms with van der Waals surface area (Å²) in [7, 11) is 0. The van der Waals surface area contributed by atoms with E-state index in [9.17, 15) is 14.4 Å². The van der Waals surface area contributed by atoms with Crippen LogP contribution in [0.4, 0.5) is 0 Å². The monoisotopic (exact) mass is 1110 g/mol. The first-order chi connectivity index (χ1) is 39.0. The van der Waals surface area contributed by atoms with Crippen LogP contribution in [-0.2, 0) is 28.6 Å². The second-order valence-corrected chi connectivity index (χ2v) is 24.9. The number of carbonyl (C=O) groups excluding carboxylic acids is 3. The Kier molecular flexibility index (Phi) is 67.0. The minimum Gasteiger partial charge on any atom is -0.462 e. The molecule has 0 aliphatic rings. The molecule has 6 nitrogen and oxygen atoms in total. The van der Waals surface area contributed by atoms with Crippen molar-refractivity contribution in [2.45, 2.75) is 425 Å². The molecule has 0 aromatic carbocycles. The summed E-state index contributed by atoms with van der Waals surface area (Å²) in [6.45, 7) is 6.71. The lowest BCUT2D eigenvalue weighted by atomic mass is 10.0. The molecule has 1 atom stereocenters. The molecule has 0 radical (unpaired) electrons. The van der Waals surface area contributed by atoms with Gasteiger partial charge in [0.1, 0.15) is 13.2 Å². The van der Waals surface area contributed by atoms with E-state index in [0.29, 0.717) is 19.3 Å². The van der Waals surface area contributed by atoms with Crippen LogP contribution in [-0.4, -0.2) is 37.2 Å². The SMILES string of the molecule is CCCCCC/C=C\CCCCCCCC(=O)OCC(COC(=O)CCCCCCCCCCCCCCCCCCCCCCCCCCC)OC(=O)CCCCCCCCCCCCCCCCCCCCCCCCC. The number of carbonyl (C=O) groups is 3. The van der Waals surface area contributed by atoms with Crippen molar-refractivity contribution in [3.63, 3.8) is 0 Å². The maximum absolute atomic E-state index is 13.0. The lowest BCUT2D eigenvalue weighted by Gasteiger charge is -2.18. The van der Waals surface area contributed by atoms with Gasteiger partial charge in [0.2, 0.25) is 0 Å². The predicted octanol–water partition coefficient (Wildman–Crippen LogP) is 24.8. The summed E-state index contributed by atoms with van der Waals surface area (Å²) in [6.07, 6.45) is 82.5. The average molecular weight is 1110 g/mol. The highest BCUT2D eigenvalue weighted by atomic mass is 16.6. The first kappa shape index (κ1) is 77.2. The van der Waals surface area contributed by atoms with Crippen molar-refractivity contribution in [2.75, 3.05) is 13.2 Å². The number of hydrogen-bond donors (Lipinski definition) is 0. The number of esters is 3. The van der Waals surface area contributed by atoms with E-state index in [1.54, 1.807) is 0 Å². The summed E-state index contributed by atoms with van der Waals surface area (Å²) in [5.41, 5.74) is 0. The van der Waals surface area contributed by atoms with E-state index in [4.69, 9.17) is 14.2 Å². The van der Waals surface area contributed by atoms with Gasteiger partial charge in [0.25, 0.3) is 0 Å². The summed E-state index contributed by atoms with van der Waals surface area (Å²) in [5, 5.41) is 0. The number of hydrogen-bond acceptors (Lipinski definition) is 6. The summed E-state index contributed by atoms with van der Waals surface area (Å²) < 4.78 is 17.0. The highest BCUT2D eigenvalue weighted by molar-refractivity contribution is 5.71. The third-order valence-electron chi connectivity index (χ3n) is 16.8. The number of rotatable bonds is 68. The Morgan fingerprint density at radius 3 is 0.646 bits per heavy atom. The zero-order chi connectivity index (χ0) is 57.1. The van der Waals surface area contributed by atoms with Gasteiger partial charge in [-0.15, -0.1) is 0 Å². The van der Waals surface area contributed by atoms with Gasteiger partial charge in [0.05, 0.1) is 0 Å². The van der Waals surface area contributed by atoms with Crippen molar-refractivity contribution in [3.8, 4) is 0 Å². The molecule has 0 aromatic heterocycles. The highest BCUT2D eigenvalue weighted by Crippen LogP contribution is 2.19. The van der Waals surface area contributed by atoms with E-state index in [-0.39, 0.29) is 31.1 Å². The van der Waals surface area contributed by atoms with Crippen LogP contribution in [0.25, 0.3) is 0 Å². The van der Waals surface area contributed by atoms with Crippen LogP contribution in [0, 0.1) is 0 Å². The smallest absolute Gasteiger partial charge is 0.306 e. The van der Waals surface area contributed by atoms with E-state index >= 15 is 0 Å². The van der Waals surface area contributed by atoms with E-state index in [2.05, 4.69) is 32.9 Å². The van der Waals surface area contributed by atoms with Gasteiger partial charge in [-0.1, -0.05) is 367 Å². The molecule has 468 valence electrons. The Hall–Kier alpha value is -1.85. The molecule has 0 fully saturated rings. The zero-order valence-electron chi connectivity index (χ0n) is 53.9. The molecular weight excluding hydrogens is 973 g/mol. The van der Waals surface area contributed by atoms with Gasteiger partial charge >= 0.3 is 17.9 Å². The molecule has 0 amide bonds. The standard InChI is InChI=1S/C73H140O6/c1-4-7-10-13-16-19-22-25-27-29-31-33-35-36-38-39-41-43-45-48-51-54-57-60-63-66-72(75)78-69-70(68-77-71(74)65-62-59-56-53-50-47-24-21-18-15-12-9-6-3)79-73(76)67-64-61-58-55-52-49-46-44-42-40-37-34-32-30-28-26-23-20-17-14-11-8-5-2/h21,24,70H,4-20,22-23,25-69H2,1-3H3/b24-21-. The molecule has 0 aliphatic carbocycles. The van der Waals surface area contributed by atoms with Crippen LogP contribution < -0.4 is 0 Å². The van der Waals surface area contributed by atoms with Crippen LogP contribution in [0.3, 0.4) is 0 Å². The Bertz CT molecular complexity index is 1230. The summed E-state index contributed by atoms with van der Waals surface area (Å²) in [6, 6.07) is 0. The van der Waals surface area contributed by atoms with Crippen molar-refractivity contribution in [3.05, 3.63) is 12.2 Å². The molecule has 1 unspecified atom stereocenters. The van der Waals surface area contributed by atoms with E-state index in [1.807, 2.05) is 0 Å². The molecule has 0 heterocycles. The van der Waals surface area contributed by atoms with Crippen molar-refractivity contribution in [1.29, 1.82) is 0 Å². The normalized spacial score (nSPS) is 12.0. The zero-order valence-corrected chi connectivity index (χ0v) is 53.9. The van der Waals surface area contributed by atoms with Gasteiger partial charge in [-0.2, -0.15) is 0 Å². The lowest BCUT2D eigenvalue weighted by molar-refractivity contribution is -0.167. The predicted molar refractivity (Wildman–Crippen MR) is 344 cm³/mol. The fraction of sp³-hybridized carbons (Fsp3) is 0.932. The van der Waals surface area contributed by atoms with Gasteiger partial charge in [-0.25, -0.2) is 0 Å². The Balaban J connectivity index is 4.19. The summed E-state index contributed by atoms with van der Waals surface area (Å²) in [5.74, 6) is -0.838. The molecule has 0 spiro atoms. The quantitative estimate of drug-likeness (QED) is 0.0261. The largest absolute Gasteiger partial charge is 0.462 e. The van der Waals surface area contributed by atoms with Gasteiger partial charge in [0, 0.05) is 19.3 Å². The van der Waals surface area contributed by atoms with Crippen LogP contribution >= 0.6 is 0 Å². The summed E-state index contributed by atoms with van der Waals surface area (Å²) in [4.78, 5) is 38.4. The van der Waals surface area contributed by atoms with Gasteiger partial charge in [0.15, 0.2) is 6.10 Å². The van der Waals surface area contributed by atoms with Crippen molar-refractivity contribution in [1.82, 2.24) is 0 Å². The molecule has 6 heteroatoms. The fourth-order valence-corrected chi connectivity index (χ4v) is 11.3. The van der Waals surface area contributed by atoms with Crippen molar-refractivity contribution >= 4 is 17.9 Å². The lowest BCUT2D eigenvalue weighted by Crippen LogP contribution is -2.30. The third kappa shape index (κ3) is 66.8. The van der Waals surface area contributed by atoms with Crippen LogP contribution in [0.5, 0.6) is 0 Å². The van der Waals surface area contributed by atoms with E-state index in [0.717, 1.165) is 64.2 Å². The third-order valence-corrected chi connectivity index (χ3v) is 16.8. The molecule has 0 rings (SSSR count). The van der Waals surface area contributed by atoms with Crippen LogP contribution in [0.15, 0.2) is 12.2 Å². The molecule has 0 saturated heterocycles. The molecule has 0 aliphatic heterocycles. The first-order valence-electron chi connectivity index (χ1n) is 36.2. The molecule has 0 saturated carbocycles. The molecule has 0 N–H and O–H groups in total. The van der Waals surface area contributed by atoms with Crippen LogP contribution in [0.2, 0.25) is 0 Å². The van der Waals surface area contributed by atoms with E-state index in [1.165, 1.54) is 315 Å². The molecule has 0 bridgehead atoms. The van der Waals surface area contributed by atoms with Gasteiger partial charge in [-0.3, -0.25) is 14.4 Å². The first-order valence-corrected chi connectivity index (χ1v) is 36.2. The molecule has 0 aromatic rings. The average Bonchev–Trinajstić information content (AvgIpc) is 3.45. The second-order valence-electron chi connectivity index (χ2n) is 24.9. The van der Waals surface area contributed by atoms with Crippen molar-refractivity contribution < 1.29 is 28.6 Å². The number of ether oxygens (including phenoxy) is 3. The maximum Gasteiger partial charge on any atom is 0.306 e. The van der Waals surface area contributed by atoms with Gasteiger partial charge < -0.3 is 14.2 Å². The molecule has 79 heavy (non-hydrogen) atoms. The summed E-state index contributed by atoms with van der Waals surface area (Å²) >= 11 is 0. The topological polar surface area (TPSA) is 78.9 Å². The van der Waals surface area contributed by atoms with E-state index < -0.39 is 6.10 Å². The highest BCUT2D eigenvalue weighted by Gasteiger charge is 2.19.